The van der Waals surface area contributed by atoms with E-state index in [-0.39, 0.29) is 5.91 Å². The van der Waals surface area contributed by atoms with Gasteiger partial charge in [0.25, 0.3) is 5.91 Å². The summed E-state index contributed by atoms with van der Waals surface area (Å²) >= 11 is 0. The van der Waals surface area contributed by atoms with Crippen molar-refractivity contribution in [2.24, 2.45) is 5.92 Å². The van der Waals surface area contributed by atoms with Crippen LogP contribution >= 0.6 is 0 Å². The molecule has 166 valence electrons. The third-order valence-electron chi connectivity index (χ3n) is 5.29. The molecule has 0 saturated carbocycles. The second-order valence-corrected chi connectivity index (χ2v) is 7.79. The summed E-state index contributed by atoms with van der Waals surface area (Å²) in [5.41, 5.74) is 2.75. The van der Waals surface area contributed by atoms with E-state index in [4.69, 9.17) is 0 Å². The number of carbonyl (C=O) groups is 3. The van der Waals surface area contributed by atoms with Crippen molar-refractivity contribution >= 4 is 23.4 Å². The normalized spacial score (nSPS) is 11.5. The van der Waals surface area contributed by atoms with Gasteiger partial charge >= 0.3 is 11.8 Å². The van der Waals surface area contributed by atoms with Crippen LogP contribution in [0.3, 0.4) is 0 Å². The second kappa shape index (κ2) is 12.5. The van der Waals surface area contributed by atoms with Crippen LogP contribution in [0.1, 0.15) is 61.0 Å². The highest BCUT2D eigenvalue weighted by atomic mass is 16.2. The number of carbonyl (C=O) groups excluding carboxylic acids is 3. The first kappa shape index (κ1) is 24.1. The summed E-state index contributed by atoms with van der Waals surface area (Å²) in [6.45, 7) is 7.07. The molecule has 0 bridgehead atoms. The van der Waals surface area contributed by atoms with Gasteiger partial charge in [0.1, 0.15) is 0 Å². The molecule has 1 atom stereocenters. The Bertz CT molecular complexity index is 878. The summed E-state index contributed by atoms with van der Waals surface area (Å²) in [7, 11) is 0. The van der Waals surface area contributed by atoms with Gasteiger partial charge in [-0.05, 0) is 37.0 Å². The first-order valence-electron chi connectivity index (χ1n) is 11.0. The average Bonchev–Trinajstić information content (AvgIpc) is 2.78. The van der Waals surface area contributed by atoms with E-state index in [1.165, 1.54) is 0 Å². The zero-order valence-electron chi connectivity index (χ0n) is 18.7. The number of hydrogen-bond donors (Lipinski definition) is 3. The molecule has 0 fully saturated rings. The van der Waals surface area contributed by atoms with E-state index in [1.807, 2.05) is 31.2 Å². The molecule has 2 aromatic carbocycles. The largest absolute Gasteiger partial charge is 0.348 e. The molecule has 0 heterocycles. The lowest BCUT2D eigenvalue weighted by Gasteiger charge is -2.15. The zero-order valence-corrected chi connectivity index (χ0v) is 18.7. The number of anilines is 1. The average molecular weight is 424 g/mol. The van der Waals surface area contributed by atoms with Crippen LogP contribution in [0.2, 0.25) is 0 Å². The predicted octanol–water partition coefficient (Wildman–Crippen LogP) is 4.20. The third-order valence-corrected chi connectivity index (χ3v) is 5.29. The minimum atomic E-state index is -0.774. The van der Waals surface area contributed by atoms with Crippen molar-refractivity contribution in [2.45, 2.75) is 53.0 Å². The van der Waals surface area contributed by atoms with E-state index in [0.717, 1.165) is 36.8 Å². The lowest BCUT2D eigenvalue weighted by atomic mass is 9.99. The van der Waals surface area contributed by atoms with Crippen molar-refractivity contribution in [2.75, 3.05) is 11.9 Å². The summed E-state index contributed by atoms with van der Waals surface area (Å²) in [5.74, 6) is -1.42. The lowest BCUT2D eigenvalue weighted by Crippen LogP contribution is -2.38. The molecular weight excluding hydrogens is 390 g/mol. The topological polar surface area (TPSA) is 87.3 Å². The van der Waals surface area contributed by atoms with Gasteiger partial charge in [0.05, 0.1) is 11.3 Å². The van der Waals surface area contributed by atoms with Crippen LogP contribution in [0.15, 0.2) is 48.5 Å². The molecule has 6 nitrogen and oxygen atoms in total. The van der Waals surface area contributed by atoms with E-state index in [9.17, 15) is 14.4 Å². The number of benzene rings is 2. The Hall–Kier alpha value is -3.15. The molecule has 0 saturated heterocycles. The quantitative estimate of drug-likeness (QED) is 0.501. The SMILES string of the molecule is CCCC[C@@H](CC)CNC(=O)C(=O)Nc1ccccc1C(=O)NCc1ccc(C)cc1. The first-order valence-corrected chi connectivity index (χ1v) is 11.0. The van der Waals surface area contributed by atoms with E-state index < -0.39 is 11.8 Å². The van der Waals surface area contributed by atoms with Crippen LogP contribution in [0.25, 0.3) is 0 Å². The van der Waals surface area contributed by atoms with E-state index in [0.29, 0.717) is 30.3 Å². The van der Waals surface area contributed by atoms with Crippen molar-refractivity contribution in [3.8, 4) is 0 Å². The molecule has 3 N–H and O–H groups in total. The van der Waals surface area contributed by atoms with Crippen LogP contribution in [0, 0.1) is 12.8 Å². The number of unbranched alkanes of at least 4 members (excludes halogenated alkanes) is 1. The number of para-hydroxylation sites is 1. The van der Waals surface area contributed by atoms with Crippen LogP contribution in [-0.2, 0) is 16.1 Å². The molecule has 0 aliphatic heterocycles. The molecule has 6 heteroatoms. The Morgan fingerprint density at radius 3 is 2.29 bits per heavy atom. The highest BCUT2D eigenvalue weighted by Gasteiger charge is 2.18. The van der Waals surface area contributed by atoms with Gasteiger partial charge < -0.3 is 16.0 Å². The predicted molar refractivity (Wildman–Crippen MR) is 124 cm³/mol. The summed E-state index contributed by atoms with van der Waals surface area (Å²) in [6, 6.07) is 14.5. The number of hydrogen-bond acceptors (Lipinski definition) is 3. The molecule has 0 radical (unpaired) electrons. The van der Waals surface area contributed by atoms with Crippen LogP contribution in [0.5, 0.6) is 0 Å². The molecule has 0 unspecified atom stereocenters. The molecule has 2 rings (SSSR count). The smallest absolute Gasteiger partial charge is 0.313 e. The van der Waals surface area contributed by atoms with Crippen LogP contribution < -0.4 is 16.0 Å². The summed E-state index contributed by atoms with van der Waals surface area (Å²) in [5, 5.41) is 8.13. The molecule has 2 aromatic rings. The minimum absolute atomic E-state index is 0.307. The molecule has 31 heavy (non-hydrogen) atoms. The van der Waals surface area contributed by atoms with Crippen molar-refractivity contribution in [3.63, 3.8) is 0 Å². The Morgan fingerprint density at radius 1 is 0.903 bits per heavy atom. The molecular formula is C25H33N3O3. The van der Waals surface area contributed by atoms with Crippen molar-refractivity contribution < 1.29 is 14.4 Å². The van der Waals surface area contributed by atoms with Gasteiger partial charge in [-0.2, -0.15) is 0 Å². The minimum Gasteiger partial charge on any atom is -0.348 e. The van der Waals surface area contributed by atoms with Gasteiger partial charge in [-0.1, -0.05) is 75.1 Å². The maximum absolute atomic E-state index is 12.6. The second-order valence-electron chi connectivity index (χ2n) is 7.79. The Kier molecular flexibility index (Phi) is 9.75. The van der Waals surface area contributed by atoms with E-state index in [2.05, 4.69) is 29.8 Å². The standard InChI is InChI=1S/C25H33N3O3/c1-4-6-9-19(5-2)16-27-24(30)25(31)28-22-11-8-7-10-21(22)23(29)26-17-20-14-12-18(3)13-15-20/h7-8,10-15,19H,4-6,9,16-17H2,1-3H3,(H,26,29)(H,27,30)(H,28,31)/t19-/m1/s1. The summed E-state index contributed by atoms with van der Waals surface area (Å²) in [4.78, 5) is 37.2. The monoisotopic (exact) mass is 423 g/mol. The highest BCUT2D eigenvalue weighted by Crippen LogP contribution is 2.16. The van der Waals surface area contributed by atoms with E-state index in [1.54, 1.807) is 24.3 Å². The van der Waals surface area contributed by atoms with Crippen LogP contribution in [0.4, 0.5) is 5.69 Å². The van der Waals surface area contributed by atoms with Gasteiger partial charge in [-0.15, -0.1) is 0 Å². The molecule has 0 aliphatic carbocycles. The van der Waals surface area contributed by atoms with Gasteiger partial charge in [-0.3, -0.25) is 14.4 Å². The Balaban J connectivity index is 1.94. The molecule has 0 aliphatic rings. The summed E-state index contributed by atoms with van der Waals surface area (Å²) < 4.78 is 0. The number of nitrogens with one attached hydrogen (secondary N) is 3. The Morgan fingerprint density at radius 2 is 1.61 bits per heavy atom. The lowest BCUT2D eigenvalue weighted by molar-refractivity contribution is -0.136. The first-order chi connectivity index (χ1) is 14.9. The van der Waals surface area contributed by atoms with Crippen molar-refractivity contribution in [1.29, 1.82) is 0 Å². The maximum atomic E-state index is 12.6. The number of amides is 3. The Labute approximate surface area is 184 Å². The number of rotatable bonds is 10. The fraction of sp³-hybridized carbons (Fsp3) is 0.400. The molecule has 0 spiro atoms. The fourth-order valence-electron chi connectivity index (χ4n) is 3.21. The zero-order chi connectivity index (χ0) is 22.6. The summed E-state index contributed by atoms with van der Waals surface area (Å²) in [6.07, 6.45) is 4.18. The van der Waals surface area contributed by atoms with Crippen LogP contribution in [-0.4, -0.2) is 24.3 Å². The van der Waals surface area contributed by atoms with Crippen molar-refractivity contribution in [1.82, 2.24) is 10.6 Å². The molecule has 3 amide bonds. The molecule has 0 aromatic heterocycles. The van der Waals surface area contributed by atoms with Gasteiger partial charge in [0, 0.05) is 13.1 Å². The third kappa shape index (κ3) is 7.89. The van der Waals surface area contributed by atoms with Gasteiger partial charge in [0.2, 0.25) is 0 Å². The fourth-order valence-corrected chi connectivity index (χ4v) is 3.21. The van der Waals surface area contributed by atoms with Crippen molar-refractivity contribution in [3.05, 3.63) is 65.2 Å². The van der Waals surface area contributed by atoms with E-state index >= 15 is 0 Å². The van der Waals surface area contributed by atoms with Gasteiger partial charge in [-0.25, -0.2) is 0 Å². The number of aryl methyl sites for hydroxylation is 1. The highest BCUT2D eigenvalue weighted by molar-refractivity contribution is 6.40. The van der Waals surface area contributed by atoms with Gasteiger partial charge in [0.15, 0.2) is 0 Å². The maximum Gasteiger partial charge on any atom is 0.313 e.